The van der Waals surface area contributed by atoms with Crippen molar-refractivity contribution < 1.29 is 14.3 Å². The van der Waals surface area contributed by atoms with Gasteiger partial charge in [0.25, 0.3) is 4.80 Å². The predicted octanol–water partition coefficient (Wildman–Crippen LogP) is 2.69. The third-order valence-electron chi connectivity index (χ3n) is 1.83. The molecule has 1 aromatic heterocycles. The number of halogens is 1. The van der Waals surface area contributed by atoms with Crippen molar-refractivity contribution in [2.45, 2.75) is 0 Å². The second kappa shape index (κ2) is 3.86. The van der Waals surface area contributed by atoms with Crippen LogP contribution in [0, 0.1) is 0 Å². The Bertz CT molecular complexity index is 545. The molecule has 0 atom stereocenters. The number of nitrogens with zero attached hydrogens (tertiary/aromatic N) is 1. The standard InChI is InChI=1S/C10H6BrNO3/c11-10-12-9-6(4-5-8(13)14)2-1-3-7(9)15-10/h1-5H,(H,13,14)/b5-4+. The number of fused-ring (bicyclic) bond motifs is 1. The zero-order chi connectivity index (χ0) is 10.8. The number of aliphatic carboxylic acids is 1. The molecule has 2 aromatic rings. The van der Waals surface area contributed by atoms with Gasteiger partial charge in [-0.25, -0.2) is 9.78 Å². The van der Waals surface area contributed by atoms with Crippen LogP contribution in [0.15, 0.2) is 33.5 Å². The van der Waals surface area contributed by atoms with Crippen molar-refractivity contribution in [1.82, 2.24) is 4.98 Å². The Hall–Kier alpha value is -1.62. The van der Waals surface area contributed by atoms with Crippen molar-refractivity contribution in [2.24, 2.45) is 0 Å². The van der Waals surface area contributed by atoms with E-state index < -0.39 is 5.97 Å². The Balaban J connectivity index is 2.55. The average molecular weight is 268 g/mol. The Morgan fingerprint density at radius 3 is 3.07 bits per heavy atom. The van der Waals surface area contributed by atoms with Crippen LogP contribution in [0.5, 0.6) is 0 Å². The normalized spacial score (nSPS) is 11.3. The highest BCUT2D eigenvalue weighted by atomic mass is 79.9. The zero-order valence-corrected chi connectivity index (χ0v) is 9.06. The Morgan fingerprint density at radius 2 is 2.33 bits per heavy atom. The van der Waals surface area contributed by atoms with Crippen LogP contribution in [0.3, 0.4) is 0 Å². The van der Waals surface area contributed by atoms with E-state index in [9.17, 15) is 4.79 Å². The van der Waals surface area contributed by atoms with Crippen LogP contribution in [0.1, 0.15) is 5.56 Å². The average Bonchev–Trinajstić information content (AvgIpc) is 2.55. The fraction of sp³-hybridized carbons (Fsp3) is 0. The summed E-state index contributed by atoms with van der Waals surface area (Å²) in [7, 11) is 0. The maximum atomic E-state index is 10.4. The van der Waals surface area contributed by atoms with Gasteiger partial charge in [-0.1, -0.05) is 12.1 Å². The molecule has 0 aliphatic carbocycles. The molecule has 0 amide bonds. The lowest BCUT2D eigenvalue weighted by atomic mass is 10.2. The van der Waals surface area contributed by atoms with E-state index in [0.29, 0.717) is 21.5 Å². The van der Waals surface area contributed by atoms with E-state index in [-0.39, 0.29) is 0 Å². The van der Waals surface area contributed by atoms with Crippen LogP contribution >= 0.6 is 15.9 Å². The van der Waals surface area contributed by atoms with Gasteiger partial charge in [0, 0.05) is 27.6 Å². The first-order chi connectivity index (χ1) is 7.16. The fourth-order valence-electron chi connectivity index (χ4n) is 1.24. The smallest absolute Gasteiger partial charge is 0.328 e. The van der Waals surface area contributed by atoms with Crippen molar-refractivity contribution in [3.05, 3.63) is 34.6 Å². The lowest BCUT2D eigenvalue weighted by Gasteiger charge is -1.92. The summed E-state index contributed by atoms with van der Waals surface area (Å²) in [5.74, 6) is -0.991. The molecule has 15 heavy (non-hydrogen) atoms. The molecule has 0 unspecified atom stereocenters. The van der Waals surface area contributed by atoms with Crippen LogP contribution in [-0.2, 0) is 4.79 Å². The summed E-state index contributed by atoms with van der Waals surface area (Å²) >= 11 is 3.12. The largest absolute Gasteiger partial charge is 0.478 e. The molecule has 5 heteroatoms. The van der Waals surface area contributed by atoms with Crippen LogP contribution in [0.2, 0.25) is 0 Å². The Kier molecular flexibility index (Phi) is 2.55. The molecule has 0 spiro atoms. The van der Waals surface area contributed by atoms with E-state index in [2.05, 4.69) is 20.9 Å². The molecule has 2 rings (SSSR count). The third kappa shape index (κ3) is 2.07. The van der Waals surface area contributed by atoms with E-state index in [4.69, 9.17) is 9.52 Å². The summed E-state index contributed by atoms with van der Waals surface area (Å²) < 4.78 is 5.24. The van der Waals surface area contributed by atoms with E-state index in [0.717, 1.165) is 6.08 Å². The topological polar surface area (TPSA) is 63.3 Å². The van der Waals surface area contributed by atoms with Crippen molar-refractivity contribution in [1.29, 1.82) is 0 Å². The van der Waals surface area contributed by atoms with Crippen LogP contribution in [0.4, 0.5) is 0 Å². The van der Waals surface area contributed by atoms with Gasteiger partial charge in [0.2, 0.25) is 0 Å². The number of rotatable bonds is 2. The maximum absolute atomic E-state index is 10.4. The minimum atomic E-state index is -0.991. The minimum absolute atomic E-state index is 0.383. The van der Waals surface area contributed by atoms with Crippen molar-refractivity contribution in [3.63, 3.8) is 0 Å². The zero-order valence-electron chi connectivity index (χ0n) is 7.48. The number of aromatic nitrogens is 1. The highest BCUT2D eigenvalue weighted by molar-refractivity contribution is 9.10. The van der Waals surface area contributed by atoms with E-state index in [1.807, 2.05) is 0 Å². The Morgan fingerprint density at radius 1 is 1.53 bits per heavy atom. The number of benzene rings is 1. The number of carboxylic acids is 1. The van der Waals surface area contributed by atoms with Crippen molar-refractivity contribution in [3.8, 4) is 0 Å². The van der Waals surface area contributed by atoms with Crippen LogP contribution in [-0.4, -0.2) is 16.1 Å². The molecule has 1 aromatic carbocycles. The van der Waals surface area contributed by atoms with Crippen molar-refractivity contribution in [2.75, 3.05) is 0 Å². The first kappa shape index (κ1) is 9.92. The predicted molar refractivity (Wildman–Crippen MR) is 58.4 cm³/mol. The quantitative estimate of drug-likeness (QED) is 0.850. The summed E-state index contributed by atoms with van der Waals surface area (Å²) in [6, 6.07) is 5.32. The van der Waals surface area contributed by atoms with Gasteiger partial charge in [-0.3, -0.25) is 0 Å². The van der Waals surface area contributed by atoms with Gasteiger partial charge in [0.15, 0.2) is 5.58 Å². The number of hydrogen-bond acceptors (Lipinski definition) is 3. The molecular formula is C10H6BrNO3. The van der Waals surface area contributed by atoms with Crippen LogP contribution in [0.25, 0.3) is 17.2 Å². The molecule has 0 fully saturated rings. The summed E-state index contributed by atoms with van der Waals surface area (Å²) in [6.45, 7) is 0. The number of hydrogen-bond donors (Lipinski definition) is 1. The van der Waals surface area contributed by atoms with E-state index in [1.165, 1.54) is 6.08 Å². The molecule has 0 aliphatic rings. The summed E-state index contributed by atoms with van der Waals surface area (Å²) in [5, 5.41) is 8.51. The number of carbonyl (C=O) groups is 1. The molecule has 0 saturated carbocycles. The lowest BCUT2D eigenvalue weighted by Crippen LogP contribution is -1.86. The first-order valence-electron chi connectivity index (χ1n) is 4.13. The minimum Gasteiger partial charge on any atom is -0.478 e. The monoisotopic (exact) mass is 267 g/mol. The molecule has 0 saturated heterocycles. The van der Waals surface area contributed by atoms with Gasteiger partial charge in [-0.05, 0) is 12.1 Å². The van der Waals surface area contributed by atoms with Gasteiger partial charge < -0.3 is 9.52 Å². The van der Waals surface area contributed by atoms with Gasteiger partial charge in [0.05, 0.1) is 0 Å². The Labute approximate surface area is 93.4 Å². The fourth-order valence-corrected chi connectivity index (χ4v) is 1.59. The summed E-state index contributed by atoms with van der Waals surface area (Å²) in [4.78, 5) is 14.9. The second-order valence-corrected chi connectivity index (χ2v) is 3.51. The van der Waals surface area contributed by atoms with Gasteiger partial charge >= 0.3 is 5.97 Å². The van der Waals surface area contributed by atoms with Gasteiger partial charge in [-0.15, -0.1) is 0 Å². The SMILES string of the molecule is O=C(O)/C=C/c1cccc2oc(Br)nc12. The van der Waals surface area contributed by atoms with Gasteiger partial charge in [-0.2, -0.15) is 0 Å². The van der Waals surface area contributed by atoms with Gasteiger partial charge in [0.1, 0.15) is 5.52 Å². The highest BCUT2D eigenvalue weighted by Crippen LogP contribution is 2.23. The molecule has 0 bridgehead atoms. The lowest BCUT2D eigenvalue weighted by molar-refractivity contribution is -0.131. The second-order valence-electron chi connectivity index (χ2n) is 2.83. The molecule has 1 heterocycles. The number of oxazole rings is 1. The number of carboxylic acid groups (broad SMARTS) is 1. The molecule has 76 valence electrons. The molecule has 4 nitrogen and oxygen atoms in total. The summed E-state index contributed by atoms with van der Waals surface area (Å²) in [5.41, 5.74) is 1.97. The highest BCUT2D eigenvalue weighted by Gasteiger charge is 2.05. The third-order valence-corrected chi connectivity index (χ3v) is 2.17. The summed E-state index contributed by atoms with van der Waals surface area (Å²) in [6.07, 6.45) is 2.55. The first-order valence-corrected chi connectivity index (χ1v) is 4.92. The maximum Gasteiger partial charge on any atom is 0.328 e. The number of para-hydroxylation sites is 1. The molecule has 1 N–H and O–H groups in total. The molecule has 0 aliphatic heterocycles. The van der Waals surface area contributed by atoms with Crippen molar-refractivity contribution >= 4 is 39.1 Å². The molecule has 0 radical (unpaired) electrons. The van der Waals surface area contributed by atoms with E-state index in [1.54, 1.807) is 18.2 Å². The van der Waals surface area contributed by atoms with E-state index >= 15 is 0 Å². The van der Waals surface area contributed by atoms with Crippen LogP contribution < -0.4 is 0 Å². The molecular weight excluding hydrogens is 262 g/mol.